The Bertz CT molecular complexity index is 650. The fourth-order valence-electron chi connectivity index (χ4n) is 1.51. The number of halogens is 1. The highest BCUT2D eigenvalue weighted by Gasteiger charge is 2.08. The first-order chi connectivity index (χ1) is 9.13. The SMILES string of the molecule is COc1cc(C#N)ccc1Oc1ccc(Br)c(C)n1. The van der Waals surface area contributed by atoms with Gasteiger partial charge in [-0.3, -0.25) is 0 Å². The van der Waals surface area contributed by atoms with E-state index in [9.17, 15) is 0 Å². The fourth-order valence-corrected chi connectivity index (χ4v) is 1.73. The van der Waals surface area contributed by atoms with Gasteiger partial charge in [-0.2, -0.15) is 5.26 Å². The van der Waals surface area contributed by atoms with Crippen LogP contribution in [0.1, 0.15) is 11.3 Å². The summed E-state index contributed by atoms with van der Waals surface area (Å²) in [6.45, 7) is 1.88. The van der Waals surface area contributed by atoms with Crippen LogP contribution in [0.5, 0.6) is 17.4 Å². The van der Waals surface area contributed by atoms with Crippen LogP contribution in [0.25, 0.3) is 0 Å². The first kappa shape index (κ1) is 13.4. The van der Waals surface area contributed by atoms with E-state index in [2.05, 4.69) is 27.0 Å². The first-order valence-corrected chi connectivity index (χ1v) is 6.32. The van der Waals surface area contributed by atoms with Crippen LogP contribution < -0.4 is 9.47 Å². The molecule has 0 amide bonds. The highest BCUT2D eigenvalue weighted by atomic mass is 79.9. The normalized spacial score (nSPS) is 9.79. The molecule has 0 aliphatic rings. The zero-order valence-electron chi connectivity index (χ0n) is 10.5. The van der Waals surface area contributed by atoms with E-state index in [1.165, 1.54) is 7.11 Å². The molecule has 1 aromatic heterocycles. The standard InChI is InChI=1S/C14H11BrN2O2/c1-9-11(15)4-6-14(17-9)19-12-5-3-10(8-16)7-13(12)18-2/h3-7H,1-2H3. The molecule has 1 heterocycles. The van der Waals surface area contributed by atoms with Gasteiger partial charge in [-0.15, -0.1) is 0 Å². The Hall–Kier alpha value is -2.06. The van der Waals surface area contributed by atoms with Crippen LogP contribution in [0.15, 0.2) is 34.8 Å². The third-order valence-corrected chi connectivity index (χ3v) is 3.34. The molecular formula is C14H11BrN2O2. The Labute approximate surface area is 119 Å². The van der Waals surface area contributed by atoms with Crippen molar-refractivity contribution in [1.29, 1.82) is 5.26 Å². The molecule has 0 spiro atoms. The lowest BCUT2D eigenvalue weighted by atomic mass is 10.2. The van der Waals surface area contributed by atoms with E-state index >= 15 is 0 Å². The molecule has 0 unspecified atom stereocenters. The lowest BCUT2D eigenvalue weighted by Gasteiger charge is -2.10. The van der Waals surface area contributed by atoms with Crippen LogP contribution in [-0.4, -0.2) is 12.1 Å². The topological polar surface area (TPSA) is 55.1 Å². The molecule has 0 radical (unpaired) electrons. The van der Waals surface area contributed by atoms with Crippen LogP contribution in [-0.2, 0) is 0 Å². The lowest BCUT2D eigenvalue weighted by Crippen LogP contribution is -1.94. The number of aromatic nitrogens is 1. The van der Waals surface area contributed by atoms with Gasteiger partial charge < -0.3 is 9.47 Å². The number of methoxy groups -OCH3 is 1. The van der Waals surface area contributed by atoms with Crippen molar-refractivity contribution in [2.75, 3.05) is 7.11 Å². The zero-order chi connectivity index (χ0) is 13.8. The van der Waals surface area contributed by atoms with Gasteiger partial charge in [0.1, 0.15) is 0 Å². The van der Waals surface area contributed by atoms with E-state index in [1.807, 2.05) is 13.0 Å². The van der Waals surface area contributed by atoms with Gasteiger partial charge in [0.15, 0.2) is 11.5 Å². The summed E-state index contributed by atoms with van der Waals surface area (Å²) in [7, 11) is 1.53. The molecule has 19 heavy (non-hydrogen) atoms. The second-order valence-corrected chi connectivity index (χ2v) is 4.65. The number of pyridine rings is 1. The second-order valence-electron chi connectivity index (χ2n) is 3.80. The van der Waals surface area contributed by atoms with E-state index in [4.69, 9.17) is 14.7 Å². The quantitative estimate of drug-likeness (QED) is 0.863. The van der Waals surface area contributed by atoms with E-state index in [-0.39, 0.29) is 0 Å². The van der Waals surface area contributed by atoms with Crippen molar-refractivity contribution < 1.29 is 9.47 Å². The van der Waals surface area contributed by atoms with Crippen LogP contribution in [0.2, 0.25) is 0 Å². The molecule has 0 aliphatic carbocycles. The Morgan fingerprint density at radius 2 is 2.00 bits per heavy atom. The summed E-state index contributed by atoms with van der Waals surface area (Å²) >= 11 is 3.38. The number of aryl methyl sites for hydroxylation is 1. The molecule has 96 valence electrons. The summed E-state index contributed by atoms with van der Waals surface area (Å²) in [5.74, 6) is 1.50. The zero-order valence-corrected chi connectivity index (χ0v) is 12.1. The Morgan fingerprint density at radius 3 is 2.63 bits per heavy atom. The van der Waals surface area contributed by atoms with Gasteiger partial charge in [0, 0.05) is 16.6 Å². The maximum Gasteiger partial charge on any atom is 0.219 e. The molecule has 0 atom stereocenters. The molecule has 5 heteroatoms. The predicted molar refractivity (Wildman–Crippen MR) is 74.5 cm³/mol. The minimum atomic E-state index is 0.476. The van der Waals surface area contributed by atoms with Gasteiger partial charge in [-0.05, 0) is 41.1 Å². The maximum atomic E-state index is 8.84. The number of benzene rings is 1. The van der Waals surface area contributed by atoms with Crippen molar-refractivity contribution in [3.63, 3.8) is 0 Å². The molecule has 2 aromatic rings. The third-order valence-electron chi connectivity index (χ3n) is 2.50. The molecule has 0 saturated carbocycles. The van der Waals surface area contributed by atoms with Crippen molar-refractivity contribution in [1.82, 2.24) is 4.98 Å². The number of hydrogen-bond acceptors (Lipinski definition) is 4. The highest BCUT2D eigenvalue weighted by molar-refractivity contribution is 9.10. The van der Waals surface area contributed by atoms with Gasteiger partial charge in [0.25, 0.3) is 0 Å². The largest absolute Gasteiger partial charge is 0.493 e. The van der Waals surface area contributed by atoms with Gasteiger partial charge >= 0.3 is 0 Å². The fraction of sp³-hybridized carbons (Fsp3) is 0.143. The highest BCUT2D eigenvalue weighted by Crippen LogP contribution is 2.32. The van der Waals surface area contributed by atoms with Crippen molar-refractivity contribution in [3.8, 4) is 23.4 Å². The van der Waals surface area contributed by atoms with Crippen molar-refractivity contribution in [3.05, 3.63) is 46.1 Å². The molecular weight excluding hydrogens is 308 g/mol. The van der Waals surface area contributed by atoms with E-state index in [0.717, 1.165) is 10.2 Å². The summed E-state index contributed by atoms with van der Waals surface area (Å²) in [5.41, 5.74) is 1.36. The molecule has 0 fully saturated rings. The second kappa shape index (κ2) is 5.72. The lowest BCUT2D eigenvalue weighted by molar-refractivity contribution is 0.373. The molecule has 0 aliphatic heterocycles. The first-order valence-electron chi connectivity index (χ1n) is 5.53. The average Bonchev–Trinajstić information content (AvgIpc) is 2.43. The average molecular weight is 319 g/mol. The molecule has 2 rings (SSSR count). The van der Waals surface area contributed by atoms with E-state index in [1.54, 1.807) is 24.3 Å². The maximum absolute atomic E-state index is 8.84. The van der Waals surface area contributed by atoms with Gasteiger partial charge in [0.05, 0.1) is 24.4 Å². The van der Waals surface area contributed by atoms with Gasteiger partial charge in [0.2, 0.25) is 5.88 Å². The van der Waals surface area contributed by atoms with Crippen LogP contribution in [0, 0.1) is 18.3 Å². The molecule has 0 bridgehead atoms. The summed E-state index contributed by atoms with van der Waals surface area (Å²) in [5, 5.41) is 8.84. The smallest absolute Gasteiger partial charge is 0.219 e. The van der Waals surface area contributed by atoms with Crippen molar-refractivity contribution >= 4 is 15.9 Å². The minimum Gasteiger partial charge on any atom is -0.493 e. The molecule has 1 aromatic carbocycles. The number of nitrogens with zero attached hydrogens (tertiary/aromatic N) is 2. The van der Waals surface area contributed by atoms with Crippen molar-refractivity contribution in [2.24, 2.45) is 0 Å². The number of ether oxygens (including phenoxy) is 2. The third kappa shape index (κ3) is 3.04. The molecule has 0 N–H and O–H groups in total. The van der Waals surface area contributed by atoms with Crippen LogP contribution in [0.3, 0.4) is 0 Å². The molecule has 0 saturated heterocycles. The van der Waals surface area contributed by atoms with Gasteiger partial charge in [-0.1, -0.05) is 0 Å². The van der Waals surface area contributed by atoms with Crippen LogP contribution in [0.4, 0.5) is 0 Å². The molecule has 4 nitrogen and oxygen atoms in total. The summed E-state index contributed by atoms with van der Waals surface area (Å²) in [6, 6.07) is 10.7. The number of rotatable bonds is 3. The minimum absolute atomic E-state index is 0.476. The Morgan fingerprint density at radius 1 is 1.21 bits per heavy atom. The summed E-state index contributed by atoms with van der Waals surface area (Å²) in [4.78, 5) is 4.30. The van der Waals surface area contributed by atoms with E-state index < -0.39 is 0 Å². The Balaban J connectivity index is 2.32. The summed E-state index contributed by atoms with van der Waals surface area (Å²) in [6.07, 6.45) is 0. The van der Waals surface area contributed by atoms with Crippen LogP contribution >= 0.6 is 15.9 Å². The Kier molecular flexibility index (Phi) is 4.03. The van der Waals surface area contributed by atoms with Gasteiger partial charge in [-0.25, -0.2) is 4.98 Å². The predicted octanol–water partition coefficient (Wildman–Crippen LogP) is 3.83. The van der Waals surface area contributed by atoms with E-state index in [0.29, 0.717) is 22.9 Å². The number of hydrogen-bond donors (Lipinski definition) is 0. The monoisotopic (exact) mass is 318 g/mol. The number of nitriles is 1. The van der Waals surface area contributed by atoms with Crippen molar-refractivity contribution in [2.45, 2.75) is 6.92 Å². The summed E-state index contributed by atoms with van der Waals surface area (Å²) < 4.78 is 11.8.